The van der Waals surface area contributed by atoms with E-state index in [1.807, 2.05) is 18.2 Å². The molecular formula is C18H16ClN3O3. The Morgan fingerprint density at radius 2 is 2.08 bits per heavy atom. The minimum Gasteiger partial charge on any atom is -0.389 e. The van der Waals surface area contributed by atoms with Crippen LogP contribution in [0.2, 0.25) is 5.02 Å². The summed E-state index contributed by atoms with van der Waals surface area (Å²) in [7, 11) is 0. The van der Waals surface area contributed by atoms with Gasteiger partial charge >= 0.3 is 0 Å². The summed E-state index contributed by atoms with van der Waals surface area (Å²) >= 11 is 5.90. The number of allylic oxidation sites excluding steroid dienone is 2. The van der Waals surface area contributed by atoms with E-state index in [4.69, 9.17) is 16.1 Å². The van der Waals surface area contributed by atoms with Gasteiger partial charge in [-0.05, 0) is 30.7 Å². The highest BCUT2D eigenvalue weighted by Gasteiger charge is 2.35. The molecule has 6 nitrogen and oxygen atoms in total. The van der Waals surface area contributed by atoms with Crippen molar-refractivity contribution < 1.29 is 14.4 Å². The Kier molecular flexibility index (Phi) is 4.15. The fourth-order valence-corrected chi connectivity index (χ4v) is 3.16. The van der Waals surface area contributed by atoms with Crippen molar-refractivity contribution in [2.45, 2.75) is 24.9 Å². The second-order valence-electron chi connectivity index (χ2n) is 6.16. The van der Waals surface area contributed by atoms with Gasteiger partial charge in [-0.15, -0.1) is 0 Å². The third-order valence-electron chi connectivity index (χ3n) is 4.39. The first-order valence-electron chi connectivity index (χ1n) is 8.06. The minimum atomic E-state index is -0.462. The van der Waals surface area contributed by atoms with Gasteiger partial charge in [-0.1, -0.05) is 35.0 Å². The summed E-state index contributed by atoms with van der Waals surface area (Å²) < 4.78 is 5.38. The van der Waals surface area contributed by atoms with Gasteiger partial charge in [0.05, 0.1) is 12.0 Å². The summed E-state index contributed by atoms with van der Waals surface area (Å²) in [6, 6.07) is 7.17. The highest BCUT2D eigenvalue weighted by Crippen LogP contribution is 2.32. The highest BCUT2D eigenvalue weighted by atomic mass is 35.5. The van der Waals surface area contributed by atoms with E-state index in [2.05, 4.69) is 10.1 Å². The molecule has 1 saturated heterocycles. The summed E-state index contributed by atoms with van der Waals surface area (Å²) in [4.78, 5) is 18.5. The number of rotatable bonds is 3. The van der Waals surface area contributed by atoms with Crippen molar-refractivity contribution in [1.29, 1.82) is 0 Å². The molecule has 1 amide bonds. The molecule has 0 radical (unpaired) electrons. The number of carbonyl (C=O) groups is 1. The molecule has 1 aromatic heterocycles. The van der Waals surface area contributed by atoms with E-state index < -0.39 is 6.10 Å². The average molecular weight is 358 g/mol. The van der Waals surface area contributed by atoms with Gasteiger partial charge in [0.15, 0.2) is 0 Å². The van der Waals surface area contributed by atoms with E-state index in [0.717, 1.165) is 11.3 Å². The predicted molar refractivity (Wildman–Crippen MR) is 93.2 cm³/mol. The lowest BCUT2D eigenvalue weighted by Gasteiger charge is -2.15. The van der Waals surface area contributed by atoms with Crippen LogP contribution in [0.3, 0.4) is 0 Å². The predicted octanol–water partition coefficient (Wildman–Crippen LogP) is 2.95. The zero-order valence-electron chi connectivity index (χ0n) is 13.3. The Hall–Kier alpha value is -2.44. The Balaban J connectivity index is 1.51. The minimum absolute atomic E-state index is 0.0203. The molecule has 1 N–H and O–H groups in total. The van der Waals surface area contributed by atoms with Gasteiger partial charge < -0.3 is 14.5 Å². The molecule has 0 bridgehead atoms. The van der Waals surface area contributed by atoms with Crippen LogP contribution in [0.5, 0.6) is 0 Å². The maximum Gasteiger partial charge on any atom is 0.232 e. The van der Waals surface area contributed by atoms with E-state index in [0.29, 0.717) is 36.1 Å². The average Bonchev–Trinajstić information content (AvgIpc) is 3.23. The number of amides is 1. The number of benzene rings is 1. The molecule has 1 aliphatic heterocycles. The first kappa shape index (κ1) is 16.1. The van der Waals surface area contributed by atoms with Gasteiger partial charge in [0.1, 0.15) is 0 Å². The second kappa shape index (κ2) is 6.46. The number of aliphatic hydroxyl groups excluding tert-OH is 1. The van der Waals surface area contributed by atoms with Gasteiger partial charge in [0, 0.05) is 29.2 Å². The van der Waals surface area contributed by atoms with Crippen molar-refractivity contribution >= 4 is 28.8 Å². The molecule has 128 valence electrons. The Morgan fingerprint density at radius 1 is 1.28 bits per heavy atom. The van der Waals surface area contributed by atoms with E-state index >= 15 is 0 Å². The van der Waals surface area contributed by atoms with E-state index in [9.17, 15) is 9.90 Å². The largest absolute Gasteiger partial charge is 0.389 e. The van der Waals surface area contributed by atoms with Crippen LogP contribution in [0.1, 0.15) is 30.5 Å². The van der Waals surface area contributed by atoms with Gasteiger partial charge in [-0.2, -0.15) is 4.98 Å². The molecule has 0 saturated carbocycles. The van der Waals surface area contributed by atoms with Crippen molar-refractivity contribution in [1.82, 2.24) is 10.1 Å². The summed E-state index contributed by atoms with van der Waals surface area (Å²) in [5, 5.41) is 14.1. The van der Waals surface area contributed by atoms with Gasteiger partial charge in [-0.3, -0.25) is 4.79 Å². The molecule has 1 aromatic carbocycles. The van der Waals surface area contributed by atoms with Crippen LogP contribution < -0.4 is 4.90 Å². The van der Waals surface area contributed by atoms with Crippen LogP contribution in [0, 0.1) is 0 Å². The lowest BCUT2D eigenvalue weighted by molar-refractivity contribution is -0.117. The van der Waals surface area contributed by atoms with E-state index in [1.54, 1.807) is 29.2 Å². The van der Waals surface area contributed by atoms with Crippen molar-refractivity contribution in [2.24, 2.45) is 0 Å². The summed E-state index contributed by atoms with van der Waals surface area (Å²) in [6.07, 6.45) is 5.75. The number of hydrogen-bond acceptors (Lipinski definition) is 5. The maximum absolute atomic E-state index is 12.3. The number of aromatic nitrogens is 2. The Labute approximate surface area is 149 Å². The number of hydrogen-bond donors (Lipinski definition) is 1. The van der Waals surface area contributed by atoms with E-state index in [-0.39, 0.29) is 11.8 Å². The van der Waals surface area contributed by atoms with E-state index in [1.165, 1.54) is 0 Å². The van der Waals surface area contributed by atoms with Crippen molar-refractivity contribution in [3.63, 3.8) is 0 Å². The van der Waals surface area contributed by atoms with Crippen molar-refractivity contribution in [2.75, 3.05) is 11.4 Å². The zero-order chi connectivity index (χ0) is 17.4. The molecule has 2 aliphatic rings. The molecule has 2 atom stereocenters. The lowest BCUT2D eigenvalue weighted by atomic mass is 10.0. The fraction of sp³-hybridized carbons (Fsp3) is 0.278. The summed E-state index contributed by atoms with van der Waals surface area (Å²) in [5.41, 5.74) is 1.63. The third-order valence-corrected chi connectivity index (χ3v) is 4.64. The number of carbonyl (C=O) groups excluding carboxylic acids is 1. The number of anilines is 1. The molecule has 7 heteroatoms. The van der Waals surface area contributed by atoms with Crippen LogP contribution in [0.25, 0.3) is 5.57 Å². The highest BCUT2D eigenvalue weighted by molar-refractivity contribution is 6.30. The topological polar surface area (TPSA) is 79.5 Å². The fourth-order valence-electron chi connectivity index (χ4n) is 3.04. The standard InChI is InChI=1S/C18H16ClN3O3/c19-13-3-5-14(6-4-13)22-10-12(9-16(22)24)18-20-17(21-25-18)11-1-7-15(23)8-2-11/h1-7,12,15,23H,8-10H2. The Morgan fingerprint density at radius 3 is 2.80 bits per heavy atom. The normalized spacial score (nSPS) is 23.2. The Bertz CT molecular complexity index is 857. The lowest BCUT2D eigenvalue weighted by Crippen LogP contribution is -2.24. The first-order chi connectivity index (χ1) is 12.1. The molecule has 2 heterocycles. The molecule has 4 rings (SSSR count). The molecule has 2 unspecified atom stereocenters. The smallest absolute Gasteiger partial charge is 0.232 e. The van der Waals surface area contributed by atoms with Crippen LogP contribution >= 0.6 is 11.6 Å². The molecular weight excluding hydrogens is 342 g/mol. The van der Waals surface area contributed by atoms with Crippen LogP contribution in [0.15, 0.2) is 47.0 Å². The number of aliphatic hydroxyl groups is 1. The number of halogens is 1. The van der Waals surface area contributed by atoms with Crippen molar-refractivity contribution in [3.8, 4) is 0 Å². The zero-order valence-corrected chi connectivity index (χ0v) is 14.1. The van der Waals surface area contributed by atoms with Gasteiger partial charge in [0.2, 0.25) is 17.6 Å². The van der Waals surface area contributed by atoms with Gasteiger partial charge in [-0.25, -0.2) is 0 Å². The summed E-state index contributed by atoms with van der Waals surface area (Å²) in [6.45, 7) is 0.496. The summed E-state index contributed by atoms with van der Waals surface area (Å²) in [5.74, 6) is 0.825. The molecule has 1 aliphatic carbocycles. The quantitative estimate of drug-likeness (QED) is 0.913. The SMILES string of the molecule is O=C1CC(c2nc(C3=CCC(O)C=C3)no2)CN1c1ccc(Cl)cc1. The first-order valence-corrected chi connectivity index (χ1v) is 8.44. The van der Waals surface area contributed by atoms with Gasteiger partial charge in [0.25, 0.3) is 0 Å². The maximum atomic E-state index is 12.3. The second-order valence-corrected chi connectivity index (χ2v) is 6.60. The van der Waals surface area contributed by atoms with Crippen molar-refractivity contribution in [3.05, 3.63) is 59.2 Å². The monoisotopic (exact) mass is 357 g/mol. The molecule has 25 heavy (non-hydrogen) atoms. The molecule has 2 aromatic rings. The van der Waals surface area contributed by atoms with Crippen LogP contribution in [-0.4, -0.2) is 33.8 Å². The third kappa shape index (κ3) is 3.23. The van der Waals surface area contributed by atoms with Crippen LogP contribution in [-0.2, 0) is 4.79 Å². The molecule has 0 spiro atoms. The van der Waals surface area contributed by atoms with Crippen LogP contribution in [0.4, 0.5) is 5.69 Å². The number of nitrogens with zero attached hydrogens (tertiary/aromatic N) is 3. The molecule has 1 fully saturated rings.